The molecule has 0 heterocycles. The lowest BCUT2D eigenvalue weighted by Crippen LogP contribution is -2.39. The van der Waals surface area contributed by atoms with E-state index in [0.29, 0.717) is 10.6 Å². The molecule has 0 aliphatic rings. The quantitative estimate of drug-likeness (QED) is 0.744. The molecule has 0 saturated carbocycles. The zero-order chi connectivity index (χ0) is 14.3. The molecule has 1 aromatic carbocycles. The van der Waals surface area contributed by atoms with Gasteiger partial charge in [-0.2, -0.15) is 0 Å². The van der Waals surface area contributed by atoms with Crippen LogP contribution in [0.4, 0.5) is 0 Å². The summed E-state index contributed by atoms with van der Waals surface area (Å²) in [7, 11) is 0. The summed E-state index contributed by atoms with van der Waals surface area (Å²) >= 11 is 5.81. The molecular formula is C15H23ClN2O. The normalized spacial score (nSPS) is 12.7. The Balaban J connectivity index is 2.42. The molecule has 0 fully saturated rings. The van der Waals surface area contributed by atoms with E-state index in [-0.39, 0.29) is 11.8 Å². The largest absolute Gasteiger partial charge is 0.306 e. The third-order valence-electron chi connectivity index (χ3n) is 3.30. The van der Waals surface area contributed by atoms with E-state index in [4.69, 9.17) is 11.6 Å². The Hall–Kier alpha value is -0.900. The van der Waals surface area contributed by atoms with Crippen molar-refractivity contribution in [3.8, 4) is 0 Å². The number of nitrogens with zero attached hydrogens (tertiary/aromatic N) is 1. The number of benzene rings is 1. The van der Waals surface area contributed by atoms with Gasteiger partial charge >= 0.3 is 0 Å². The fourth-order valence-corrected chi connectivity index (χ4v) is 2.06. The maximum absolute atomic E-state index is 12.2. The summed E-state index contributed by atoms with van der Waals surface area (Å²) in [6.07, 6.45) is 0. The summed E-state index contributed by atoms with van der Waals surface area (Å²) in [5, 5.41) is 3.92. The van der Waals surface area contributed by atoms with Gasteiger partial charge in [-0.15, -0.1) is 0 Å². The molecule has 0 spiro atoms. The number of rotatable bonds is 8. The minimum Gasteiger partial charge on any atom is -0.306 e. The first kappa shape index (κ1) is 16.2. The second-order valence-corrected chi connectivity index (χ2v) is 5.01. The van der Waals surface area contributed by atoms with Gasteiger partial charge in [-0.3, -0.25) is 4.79 Å². The Morgan fingerprint density at radius 2 is 1.84 bits per heavy atom. The van der Waals surface area contributed by atoms with Crippen molar-refractivity contribution in [2.24, 2.45) is 0 Å². The van der Waals surface area contributed by atoms with Gasteiger partial charge < -0.3 is 10.2 Å². The molecule has 106 valence electrons. The topological polar surface area (TPSA) is 32.3 Å². The lowest BCUT2D eigenvalue weighted by atomic mass is 10.1. The molecule has 0 bridgehead atoms. The number of hydrogen-bond acceptors (Lipinski definition) is 3. The van der Waals surface area contributed by atoms with Gasteiger partial charge in [0.25, 0.3) is 0 Å². The smallest absolute Gasteiger partial charge is 0.179 e. The number of carbonyl (C=O) groups is 1. The van der Waals surface area contributed by atoms with Crippen LogP contribution in [0.2, 0.25) is 5.02 Å². The van der Waals surface area contributed by atoms with Crippen molar-refractivity contribution in [3.63, 3.8) is 0 Å². The highest BCUT2D eigenvalue weighted by Gasteiger charge is 2.14. The SMILES string of the molecule is CCN(CC)CCNC(C)C(=O)c1ccc(Cl)cc1. The van der Waals surface area contributed by atoms with Gasteiger partial charge in [0.2, 0.25) is 0 Å². The third-order valence-corrected chi connectivity index (χ3v) is 3.55. The molecular weight excluding hydrogens is 260 g/mol. The van der Waals surface area contributed by atoms with Crippen molar-refractivity contribution in [2.45, 2.75) is 26.8 Å². The monoisotopic (exact) mass is 282 g/mol. The lowest BCUT2D eigenvalue weighted by Gasteiger charge is -2.20. The Labute approximate surface area is 120 Å². The van der Waals surface area contributed by atoms with Gasteiger partial charge in [0.15, 0.2) is 5.78 Å². The second kappa shape index (κ2) is 8.31. The van der Waals surface area contributed by atoms with E-state index in [0.717, 1.165) is 26.2 Å². The van der Waals surface area contributed by atoms with Crippen LogP contribution in [0, 0.1) is 0 Å². The fourth-order valence-electron chi connectivity index (χ4n) is 1.94. The van der Waals surface area contributed by atoms with Crippen LogP contribution in [-0.2, 0) is 0 Å². The van der Waals surface area contributed by atoms with Crippen LogP contribution in [0.5, 0.6) is 0 Å². The maximum Gasteiger partial charge on any atom is 0.179 e. The van der Waals surface area contributed by atoms with Crippen molar-refractivity contribution < 1.29 is 4.79 Å². The van der Waals surface area contributed by atoms with Gasteiger partial charge in [0.05, 0.1) is 6.04 Å². The highest BCUT2D eigenvalue weighted by molar-refractivity contribution is 6.30. The first-order valence-electron chi connectivity index (χ1n) is 6.84. The van der Waals surface area contributed by atoms with Crippen molar-refractivity contribution in [2.75, 3.05) is 26.2 Å². The maximum atomic E-state index is 12.2. The third kappa shape index (κ3) is 5.31. The highest BCUT2D eigenvalue weighted by Crippen LogP contribution is 2.11. The van der Waals surface area contributed by atoms with Gasteiger partial charge in [0.1, 0.15) is 0 Å². The Kier molecular flexibility index (Phi) is 7.06. The minimum absolute atomic E-state index is 0.108. The van der Waals surface area contributed by atoms with Gasteiger partial charge in [0, 0.05) is 23.7 Å². The number of hydrogen-bond donors (Lipinski definition) is 1. The molecule has 4 heteroatoms. The first-order valence-corrected chi connectivity index (χ1v) is 7.21. The van der Waals surface area contributed by atoms with E-state index in [1.807, 2.05) is 6.92 Å². The van der Waals surface area contributed by atoms with E-state index in [1.54, 1.807) is 24.3 Å². The molecule has 19 heavy (non-hydrogen) atoms. The number of ketones is 1. The Bertz CT molecular complexity index is 388. The second-order valence-electron chi connectivity index (χ2n) is 4.57. The fraction of sp³-hybridized carbons (Fsp3) is 0.533. The van der Waals surface area contributed by atoms with Crippen LogP contribution in [0.15, 0.2) is 24.3 Å². The van der Waals surface area contributed by atoms with Crippen LogP contribution >= 0.6 is 11.6 Å². The van der Waals surface area contributed by atoms with Crippen LogP contribution < -0.4 is 5.32 Å². The summed E-state index contributed by atoms with van der Waals surface area (Å²) < 4.78 is 0. The molecule has 0 aromatic heterocycles. The van der Waals surface area contributed by atoms with Crippen LogP contribution in [0.1, 0.15) is 31.1 Å². The summed E-state index contributed by atoms with van der Waals surface area (Å²) in [5.41, 5.74) is 0.701. The Morgan fingerprint density at radius 3 is 2.37 bits per heavy atom. The summed E-state index contributed by atoms with van der Waals surface area (Å²) in [6.45, 7) is 10.1. The van der Waals surface area contributed by atoms with Crippen molar-refractivity contribution >= 4 is 17.4 Å². The predicted molar refractivity (Wildman–Crippen MR) is 81.0 cm³/mol. The van der Waals surface area contributed by atoms with Crippen molar-refractivity contribution in [1.29, 1.82) is 0 Å². The molecule has 0 aliphatic heterocycles. The molecule has 1 rings (SSSR count). The number of halogens is 1. The van der Waals surface area contributed by atoms with Gasteiger partial charge in [-0.1, -0.05) is 25.4 Å². The molecule has 1 atom stereocenters. The standard InChI is InChI=1S/C15H23ClN2O/c1-4-18(5-2)11-10-17-12(3)15(19)13-6-8-14(16)9-7-13/h6-9,12,17H,4-5,10-11H2,1-3H3. The molecule has 0 radical (unpaired) electrons. The predicted octanol–water partition coefficient (Wildman–Crippen LogP) is 2.84. The molecule has 3 nitrogen and oxygen atoms in total. The zero-order valence-electron chi connectivity index (χ0n) is 11.9. The Morgan fingerprint density at radius 1 is 1.26 bits per heavy atom. The summed E-state index contributed by atoms with van der Waals surface area (Å²) in [6, 6.07) is 6.87. The van der Waals surface area contributed by atoms with Gasteiger partial charge in [-0.25, -0.2) is 0 Å². The van der Waals surface area contributed by atoms with E-state index < -0.39 is 0 Å². The average molecular weight is 283 g/mol. The van der Waals surface area contributed by atoms with Gasteiger partial charge in [-0.05, 0) is 44.3 Å². The number of likely N-dealkylation sites (N-methyl/N-ethyl adjacent to an activating group) is 1. The summed E-state index contributed by atoms with van der Waals surface area (Å²) in [4.78, 5) is 14.5. The highest BCUT2D eigenvalue weighted by atomic mass is 35.5. The van der Waals surface area contributed by atoms with E-state index >= 15 is 0 Å². The first-order chi connectivity index (χ1) is 9.08. The molecule has 1 aromatic rings. The van der Waals surface area contributed by atoms with Crippen molar-refractivity contribution in [1.82, 2.24) is 10.2 Å². The number of carbonyl (C=O) groups excluding carboxylic acids is 1. The number of nitrogens with one attached hydrogen (secondary N) is 1. The van der Waals surface area contributed by atoms with E-state index in [9.17, 15) is 4.79 Å². The van der Waals surface area contributed by atoms with Crippen LogP contribution in [-0.4, -0.2) is 42.9 Å². The zero-order valence-corrected chi connectivity index (χ0v) is 12.7. The van der Waals surface area contributed by atoms with Crippen LogP contribution in [0.3, 0.4) is 0 Å². The molecule has 0 amide bonds. The van der Waals surface area contributed by atoms with E-state index in [1.165, 1.54) is 0 Å². The molecule has 0 aliphatic carbocycles. The number of Topliss-reactive ketones (excluding diaryl/α,β-unsaturated/α-hetero) is 1. The molecule has 1 unspecified atom stereocenters. The van der Waals surface area contributed by atoms with Crippen molar-refractivity contribution in [3.05, 3.63) is 34.9 Å². The molecule has 1 N–H and O–H groups in total. The minimum atomic E-state index is -0.170. The average Bonchev–Trinajstić information content (AvgIpc) is 2.43. The lowest BCUT2D eigenvalue weighted by molar-refractivity contribution is 0.0949. The molecule has 0 saturated heterocycles. The van der Waals surface area contributed by atoms with Crippen LogP contribution in [0.25, 0.3) is 0 Å². The summed E-state index contributed by atoms with van der Waals surface area (Å²) in [5.74, 6) is 0.108. The van der Waals surface area contributed by atoms with E-state index in [2.05, 4.69) is 24.1 Å².